The molecule has 0 amide bonds. The monoisotopic (exact) mass is 697 g/mol. The molecular formula is C38H36ClN3O6S. The van der Waals surface area contributed by atoms with Gasteiger partial charge in [-0.1, -0.05) is 54.1 Å². The highest BCUT2D eigenvalue weighted by Crippen LogP contribution is 2.45. The van der Waals surface area contributed by atoms with Gasteiger partial charge in [-0.05, 0) is 59.7 Å². The number of thioether (sulfide) groups is 1. The SMILES string of the molecule is COc1ccc(CSc2cc(OCCCc3c(C(=O)O)n(C)c4c(-c5c(CO)nn6c5OCCC6)c(Cl)ccc34)c3ccccc3c2)cc1. The Bertz CT molecular complexity index is 2180. The first-order valence-electron chi connectivity index (χ1n) is 16.2. The van der Waals surface area contributed by atoms with Crippen LogP contribution in [0.25, 0.3) is 32.8 Å². The van der Waals surface area contributed by atoms with Crippen LogP contribution in [0.5, 0.6) is 17.4 Å². The largest absolute Gasteiger partial charge is 0.497 e. The Labute approximate surface area is 293 Å². The molecule has 4 aromatic carbocycles. The van der Waals surface area contributed by atoms with Crippen molar-refractivity contribution in [2.24, 2.45) is 7.05 Å². The van der Waals surface area contributed by atoms with E-state index in [0.717, 1.165) is 44.7 Å². The average Bonchev–Trinajstić information content (AvgIpc) is 3.63. The molecule has 1 aliphatic rings. The standard InChI is InChI=1S/C38H36ClN3O6S/c1-41-35-29(14-15-30(39)33(35)34-31(21-43)40-42-16-6-18-48-37(34)42)28(36(41)38(44)45)9-5-17-47-32-20-26(19-24-7-3-4-8-27(24)32)49-22-23-10-12-25(46-2)13-11-23/h3-4,7-8,10-15,19-20,43H,5-6,9,16-18,21-22H2,1-2H3,(H,44,45). The molecule has 252 valence electrons. The number of hydrogen-bond donors (Lipinski definition) is 2. The average molecular weight is 698 g/mol. The van der Waals surface area contributed by atoms with Gasteiger partial charge in [0.2, 0.25) is 5.88 Å². The number of aliphatic hydroxyl groups is 1. The smallest absolute Gasteiger partial charge is 0.352 e. The second kappa shape index (κ2) is 14.1. The molecule has 7 rings (SSSR count). The second-order valence-electron chi connectivity index (χ2n) is 12.0. The number of carboxylic acids is 1. The summed E-state index contributed by atoms with van der Waals surface area (Å²) in [5.41, 5.74) is 4.39. The van der Waals surface area contributed by atoms with Gasteiger partial charge in [-0.2, -0.15) is 5.10 Å². The van der Waals surface area contributed by atoms with Crippen LogP contribution in [0.2, 0.25) is 5.02 Å². The number of aromatic carboxylic acids is 1. The van der Waals surface area contributed by atoms with Gasteiger partial charge < -0.3 is 29.0 Å². The fourth-order valence-electron chi connectivity index (χ4n) is 6.67. The third-order valence-electron chi connectivity index (χ3n) is 8.93. The number of hydrogen-bond acceptors (Lipinski definition) is 7. The number of rotatable bonds is 12. The Morgan fingerprint density at radius 1 is 1.06 bits per heavy atom. The molecule has 49 heavy (non-hydrogen) atoms. The molecule has 0 aliphatic carbocycles. The molecule has 0 bridgehead atoms. The molecular weight excluding hydrogens is 662 g/mol. The third-order valence-corrected chi connectivity index (χ3v) is 10.3. The van der Waals surface area contributed by atoms with E-state index >= 15 is 0 Å². The number of halogens is 1. The maximum atomic E-state index is 12.7. The summed E-state index contributed by atoms with van der Waals surface area (Å²) in [6.07, 6.45) is 1.86. The van der Waals surface area contributed by atoms with Crippen molar-refractivity contribution in [2.45, 2.75) is 43.1 Å². The molecule has 6 aromatic rings. The van der Waals surface area contributed by atoms with E-state index < -0.39 is 5.97 Å². The molecule has 0 saturated carbocycles. The Hall–Kier alpha value is -4.64. The van der Waals surface area contributed by atoms with Gasteiger partial charge in [0.05, 0.1) is 48.7 Å². The van der Waals surface area contributed by atoms with Crippen molar-refractivity contribution in [1.82, 2.24) is 14.3 Å². The number of ether oxygens (including phenoxy) is 3. The van der Waals surface area contributed by atoms with Crippen molar-refractivity contribution in [3.63, 3.8) is 0 Å². The number of nitrogens with zero attached hydrogens (tertiary/aromatic N) is 3. The van der Waals surface area contributed by atoms with E-state index in [0.29, 0.717) is 71.4 Å². The third kappa shape index (κ3) is 6.32. The fraction of sp³-hybridized carbons (Fsp3) is 0.263. The van der Waals surface area contributed by atoms with Crippen LogP contribution >= 0.6 is 23.4 Å². The topological polar surface area (TPSA) is 108 Å². The number of aromatic nitrogens is 3. The quantitative estimate of drug-likeness (QED) is 0.0975. The lowest BCUT2D eigenvalue weighted by atomic mass is 9.99. The number of benzene rings is 4. The summed E-state index contributed by atoms with van der Waals surface area (Å²) in [5, 5.41) is 28.5. The van der Waals surface area contributed by atoms with E-state index in [9.17, 15) is 15.0 Å². The van der Waals surface area contributed by atoms with Crippen LogP contribution in [0.15, 0.2) is 77.7 Å². The van der Waals surface area contributed by atoms with Crippen LogP contribution in [0, 0.1) is 0 Å². The zero-order chi connectivity index (χ0) is 34.1. The van der Waals surface area contributed by atoms with Crippen LogP contribution in [0.1, 0.15) is 40.2 Å². The van der Waals surface area contributed by atoms with Crippen LogP contribution in [0.4, 0.5) is 0 Å². The van der Waals surface area contributed by atoms with Gasteiger partial charge >= 0.3 is 5.97 Å². The molecule has 0 unspecified atom stereocenters. The van der Waals surface area contributed by atoms with E-state index in [1.807, 2.05) is 30.3 Å². The van der Waals surface area contributed by atoms with Crippen LogP contribution in [-0.4, -0.2) is 50.9 Å². The summed E-state index contributed by atoms with van der Waals surface area (Å²) < 4.78 is 21.1. The lowest BCUT2D eigenvalue weighted by Gasteiger charge is -2.17. The number of aliphatic hydroxyl groups excluding tert-OH is 1. The first kappa shape index (κ1) is 32.9. The Balaban J connectivity index is 1.16. The van der Waals surface area contributed by atoms with Gasteiger partial charge in [0.15, 0.2) is 0 Å². The summed E-state index contributed by atoms with van der Waals surface area (Å²) in [6, 6.07) is 24.2. The molecule has 2 aromatic heterocycles. The van der Waals surface area contributed by atoms with E-state index in [4.69, 9.17) is 25.8 Å². The van der Waals surface area contributed by atoms with Crippen LogP contribution in [-0.2, 0) is 32.4 Å². The molecule has 1 aliphatic heterocycles. The normalized spacial score (nSPS) is 12.7. The first-order valence-corrected chi connectivity index (χ1v) is 17.5. The number of fused-ring (bicyclic) bond motifs is 3. The lowest BCUT2D eigenvalue weighted by Crippen LogP contribution is -2.15. The zero-order valence-corrected chi connectivity index (χ0v) is 28.8. The summed E-state index contributed by atoms with van der Waals surface area (Å²) >= 11 is 8.59. The minimum atomic E-state index is -1.03. The Kier molecular flexibility index (Phi) is 9.44. The van der Waals surface area contributed by atoms with Crippen LogP contribution in [0.3, 0.4) is 0 Å². The predicted molar refractivity (Wildman–Crippen MR) is 192 cm³/mol. The summed E-state index contributed by atoms with van der Waals surface area (Å²) in [4.78, 5) is 13.8. The highest BCUT2D eigenvalue weighted by Gasteiger charge is 2.30. The maximum Gasteiger partial charge on any atom is 0.352 e. The van der Waals surface area contributed by atoms with E-state index in [1.54, 1.807) is 41.2 Å². The van der Waals surface area contributed by atoms with Crippen molar-refractivity contribution < 1.29 is 29.2 Å². The molecule has 0 radical (unpaired) electrons. The Morgan fingerprint density at radius 2 is 1.88 bits per heavy atom. The van der Waals surface area contributed by atoms with Crippen molar-refractivity contribution in [3.8, 4) is 28.5 Å². The zero-order valence-electron chi connectivity index (χ0n) is 27.2. The number of aryl methyl sites for hydroxylation is 3. The van der Waals surface area contributed by atoms with Gasteiger partial charge in [0.1, 0.15) is 17.2 Å². The minimum Gasteiger partial charge on any atom is -0.497 e. The molecule has 11 heteroatoms. The van der Waals surface area contributed by atoms with Crippen molar-refractivity contribution in [3.05, 3.63) is 100 Å². The molecule has 2 N–H and O–H groups in total. The first-order chi connectivity index (χ1) is 23.9. The summed E-state index contributed by atoms with van der Waals surface area (Å²) in [5.74, 6) is 1.94. The predicted octanol–water partition coefficient (Wildman–Crippen LogP) is 8.13. The molecule has 0 fully saturated rings. The minimum absolute atomic E-state index is 0.188. The Morgan fingerprint density at radius 3 is 2.65 bits per heavy atom. The number of carbonyl (C=O) groups is 1. The highest BCUT2D eigenvalue weighted by molar-refractivity contribution is 7.98. The maximum absolute atomic E-state index is 12.7. The van der Waals surface area contributed by atoms with Gasteiger partial charge in [0.25, 0.3) is 0 Å². The van der Waals surface area contributed by atoms with Crippen molar-refractivity contribution in [2.75, 3.05) is 20.3 Å². The summed E-state index contributed by atoms with van der Waals surface area (Å²) in [6.45, 7) is 1.28. The molecule has 0 saturated heterocycles. The van der Waals surface area contributed by atoms with Gasteiger partial charge in [-0.3, -0.25) is 0 Å². The molecule has 0 spiro atoms. The van der Waals surface area contributed by atoms with E-state index in [1.165, 1.54) is 5.56 Å². The van der Waals surface area contributed by atoms with Crippen LogP contribution < -0.4 is 14.2 Å². The van der Waals surface area contributed by atoms with Gasteiger partial charge in [0, 0.05) is 47.0 Å². The number of carboxylic acid groups (broad SMARTS) is 1. The fourth-order valence-corrected chi connectivity index (χ4v) is 7.85. The van der Waals surface area contributed by atoms with E-state index in [-0.39, 0.29) is 12.3 Å². The van der Waals surface area contributed by atoms with Crippen molar-refractivity contribution >= 4 is 51.0 Å². The molecule has 9 nitrogen and oxygen atoms in total. The molecule has 0 atom stereocenters. The summed E-state index contributed by atoms with van der Waals surface area (Å²) in [7, 11) is 3.40. The van der Waals surface area contributed by atoms with Gasteiger partial charge in [-0.15, -0.1) is 11.8 Å². The molecule has 3 heterocycles. The highest BCUT2D eigenvalue weighted by atomic mass is 35.5. The van der Waals surface area contributed by atoms with Crippen molar-refractivity contribution in [1.29, 1.82) is 0 Å². The van der Waals surface area contributed by atoms with E-state index in [2.05, 4.69) is 41.5 Å². The van der Waals surface area contributed by atoms with Gasteiger partial charge in [-0.25, -0.2) is 9.48 Å². The lowest BCUT2D eigenvalue weighted by molar-refractivity contribution is 0.0685. The number of methoxy groups -OCH3 is 1. The second-order valence-corrected chi connectivity index (χ2v) is 13.4.